The first kappa shape index (κ1) is 17.8. The molecular formula is C13H15F4NO2S. The standard InChI is InChI=1S/C13H15F4NO2S/c1-2-20-12(19)10(15)7-13(16,17)11(18-21)8-5-3-4-6-9(8)14/h3-6,10-11,18,21H,2,7H2,1H3. The van der Waals surface area contributed by atoms with Gasteiger partial charge in [-0.15, -0.1) is 0 Å². The second kappa shape index (κ2) is 7.65. The van der Waals surface area contributed by atoms with E-state index in [1.165, 1.54) is 19.1 Å². The third kappa shape index (κ3) is 4.60. The fraction of sp³-hybridized carbons (Fsp3) is 0.462. The minimum atomic E-state index is -3.74. The van der Waals surface area contributed by atoms with Crippen LogP contribution in [-0.2, 0) is 9.53 Å². The predicted molar refractivity (Wildman–Crippen MR) is 72.4 cm³/mol. The van der Waals surface area contributed by atoms with E-state index in [2.05, 4.69) is 17.6 Å². The quantitative estimate of drug-likeness (QED) is 0.459. The van der Waals surface area contributed by atoms with Crippen molar-refractivity contribution < 1.29 is 27.1 Å². The summed E-state index contributed by atoms with van der Waals surface area (Å²) in [6.45, 7) is 1.31. The van der Waals surface area contributed by atoms with Gasteiger partial charge in [0.25, 0.3) is 5.92 Å². The van der Waals surface area contributed by atoms with Crippen molar-refractivity contribution in [2.45, 2.75) is 31.5 Å². The average molecular weight is 325 g/mol. The van der Waals surface area contributed by atoms with Crippen molar-refractivity contribution in [3.8, 4) is 0 Å². The Morgan fingerprint density at radius 1 is 1.43 bits per heavy atom. The van der Waals surface area contributed by atoms with E-state index < -0.39 is 36.3 Å². The molecule has 0 amide bonds. The van der Waals surface area contributed by atoms with Gasteiger partial charge in [0, 0.05) is 5.56 Å². The molecule has 2 atom stereocenters. The van der Waals surface area contributed by atoms with Gasteiger partial charge in [-0.1, -0.05) is 31.0 Å². The number of thiol groups is 1. The summed E-state index contributed by atoms with van der Waals surface area (Å²) in [6, 6.07) is 2.96. The summed E-state index contributed by atoms with van der Waals surface area (Å²) in [5.41, 5.74) is -0.367. The van der Waals surface area contributed by atoms with Gasteiger partial charge in [0.2, 0.25) is 6.17 Å². The van der Waals surface area contributed by atoms with Crippen molar-refractivity contribution in [2.75, 3.05) is 6.61 Å². The molecule has 0 aliphatic rings. The molecule has 1 N–H and O–H groups in total. The lowest BCUT2D eigenvalue weighted by molar-refractivity contribution is -0.154. The minimum Gasteiger partial charge on any atom is -0.464 e. The second-order valence-electron chi connectivity index (χ2n) is 4.27. The van der Waals surface area contributed by atoms with Gasteiger partial charge in [0.15, 0.2) is 0 Å². The highest BCUT2D eigenvalue weighted by Gasteiger charge is 2.45. The number of esters is 1. The average Bonchev–Trinajstić information content (AvgIpc) is 2.41. The van der Waals surface area contributed by atoms with E-state index in [-0.39, 0.29) is 12.2 Å². The molecule has 0 fully saturated rings. The van der Waals surface area contributed by atoms with Crippen LogP contribution in [0.3, 0.4) is 0 Å². The van der Waals surface area contributed by atoms with Gasteiger partial charge >= 0.3 is 5.97 Å². The molecule has 1 aromatic rings. The molecule has 2 unspecified atom stereocenters. The molecule has 0 radical (unpaired) electrons. The summed E-state index contributed by atoms with van der Waals surface area (Å²) in [6.07, 6.45) is -3.94. The summed E-state index contributed by atoms with van der Waals surface area (Å²) in [5, 5.41) is 0. The molecular weight excluding hydrogens is 310 g/mol. The van der Waals surface area contributed by atoms with E-state index in [9.17, 15) is 22.4 Å². The van der Waals surface area contributed by atoms with Crippen LogP contribution in [0.4, 0.5) is 17.6 Å². The van der Waals surface area contributed by atoms with Gasteiger partial charge < -0.3 is 4.74 Å². The van der Waals surface area contributed by atoms with E-state index in [0.717, 1.165) is 12.1 Å². The Hall–Kier alpha value is -1.28. The van der Waals surface area contributed by atoms with Gasteiger partial charge in [0.1, 0.15) is 11.9 Å². The molecule has 0 heterocycles. The lowest BCUT2D eigenvalue weighted by Gasteiger charge is -2.27. The van der Waals surface area contributed by atoms with Crippen LogP contribution in [0.1, 0.15) is 24.9 Å². The molecule has 0 bridgehead atoms. The van der Waals surface area contributed by atoms with Crippen molar-refractivity contribution >= 4 is 18.8 Å². The zero-order valence-electron chi connectivity index (χ0n) is 11.2. The van der Waals surface area contributed by atoms with Gasteiger partial charge in [0.05, 0.1) is 13.0 Å². The summed E-state index contributed by atoms with van der Waals surface area (Å²) < 4.78 is 61.5. The molecule has 0 aliphatic carbocycles. The van der Waals surface area contributed by atoms with Gasteiger partial charge in [-0.2, -0.15) is 0 Å². The Kier molecular flexibility index (Phi) is 6.47. The molecule has 1 aromatic carbocycles. The third-order valence-corrected chi connectivity index (χ3v) is 3.02. The predicted octanol–water partition coefficient (Wildman–Crippen LogP) is 3.23. The maximum Gasteiger partial charge on any atom is 0.340 e. The van der Waals surface area contributed by atoms with Crippen LogP contribution in [0.2, 0.25) is 0 Å². The summed E-state index contributed by atoms with van der Waals surface area (Å²) in [5.74, 6) is -5.99. The fourth-order valence-electron chi connectivity index (χ4n) is 1.77. The highest BCUT2D eigenvalue weighted by molar-refractivity contribution is 7.78. The largest absolute Gasteiger partial charge is 0.464 e. The Labute approximate surface area is 125 Å². The number of nitrogens with one attached hydrogen (secondary N) is 1. The number of halogens is 4. The topological polar surface area (TPSA) is 38.3 Å². The first-order valence-corrected chi connectivity index (χ1v) is 6.60. The fourth-order valence-corrected chi connectivity index (χ4v) is 2.10. The van der Waals surface area contributed by atoms with Crippen molar-refractivity contribution in [1.82, 2.24) is 4.72 Å². The molecule has 0 saturated carbocycles. The lowest BCUT2D eigenvalue weighted by atomic mass is 9.97. The Balaban J connectivity index is 2.93. The number of alkyl halides is 3. The van der Waals surface area contributed by atoms with Gasteiger partial charge in [-0.25, -0.2) is 22.4 Å². The maximum absolute atomic E-state index is 14.1. The van der Waals surface area contributed by atoms with Crippen molar-refractivity contribution in [3.05, 3.63) is 35.6 Å². The summed E-state index contributed by atoms with van der Waals surface area (Å²) in [4.78, 5) is 11.1. The normalized spacial score (nSPS) is 14.6. The molecule has 1 rings (SSSR count). The van der Waals surface area contributed by atoms with E-state index in [0.29, 0.717) is 0 Å². The molecule has 0 saturated heterocycles. The minimum absolute atomic E-state index is 0.119. The monoisotopic (exact) mass is 325 g/mol. The van der Waals surface area contributed by atoms with E-state index in [4.69, 9.17) is 0 Å². The van der Waals surface area contributed by atoms with Crippen LogP contribution < -0.4 is 4.72 Å². The van der Waals surface area contributed by atoms with Crippen LogP contribution in [0.25, 0.3) is 0 Å². The van der Waals surface area contributed by atoms with Gasteiger partial charge in [-0.3, -0.25) is 4.72 Å². The highest BCUT2D eigenvalue weighted by atomic mass is 32.1. The second-order valence-corrected chi connectivity index (χ2v) is 4.53. The number of benzene rings is 1. The number of hydrogen-bond acceptors (Lipinski definition) is 4. The molecule has 21 heavy (non-hydrogen) atoms. The Morgan fingerprint density at radius 3 is 2.57 bits per heavy atom. The molecule has 0 spiro atoms. The number of hydrogen-bond donors (Lipinski definition) is 2. The van der Waals surface area contributed by atoms with Gasteiger partial charge in [-0.05, 0) is 13.0 Å². The SMILES string of the molecule is CCOC(=O)C(F)CC(F)(F)C(NS)c1ccccc1F. The Bertz CT molecular complexity index is 487. The zero-order chi connectivity index (χ0) is 16.0. The van der Waals surface area contributed by atoms with Crippen LogP contribution in [0.15, 0.2) is 24.3 Å². The van der Waals surface area contributed by atoms with Crippen LogP contribution in [0, 0.1) is 5.82 Å². The number of rotatable bonds is 7. The molecule has 0 aromatic heterocycles. The zero-order valence-corrected chi connectivity index (χ0v) is 12.0. The van der Waals surface area contributed by atoms with E-state index in [1.54, 1.807) is 0 Å². The first-order chi connectivity index (χ1) is 9.83. The molecule has 118 valence electrons. The summed E-state index contributed by atoms with van der Waals surface area (Å²) >= 11 is 3.55. The van der Waals surface area contributed by atoms with Crippen molar-refractivity contribution in [2.24, 2.45) is 0 Å². The van der Waals surface area contributed by atoms with E-state index >= 15 is 0 Å². The smallest absolute Gasteiger partial charge is 0.340 e. The number of carbonyl (C=O) groups is 1. The van der Waals surface area contributed by atoms with Crippen molar-refractivity contribution in [1.29, 1.82) is 0 Å². The molecule has 3 nitrogen and oxygen atoms in total. The van der Waals surface area contributed by atoms with Crippen LogP contribution in [0.5, 0.6) is 0 Å². The summed E-state index contributed by atoms with van der Waals surface area (Å²) in [7, 11) is 0. The van der Waals surface area contributed by atoms with Crippen LogP contribution in [-0.4, -0.2) is 24.7 Å². The Morgan fingerprint density at radius 2 is 2.05 bits per heavy atom. The third-order valence-electron chi connectivity index (χ3n) is 2.76. The lowest BCUT2D eigenvalue weighted by Crippen LogP contribution is -2.38. The molecule has 0 aliphatic heterocycles. The maximum atomic E-state index is 14.1. The van der Waals surface area contributed by atoms with E-state index in [1.807, 2.05) is 4.72 Å². The van der Waals surface area contributed by atoms with Crippen molar-refractivity contribution in [3.63, 3.8) is 0 Å². The van der Waals surface area contributed by atoms with Crippen LogP contribution >= 0.6 is 12.8 Å². The molecule has 8 heteroatoms. The number of ether oxygens (including phenoxy) is 1. The first-order valence-electron chi connectivity index (χ1n) is 6.16. The number of carbonyl (C=O) groups excluding carboxylic acids is 1. The highest BCUT2D eigenvalue weighted by Crippen LogP contribution is 2.37.